The third-order valence-corrected chi connectivity index (χ3v) is 7.43. The van der Waals surface area contributed by atoms with Gasteiger partial charge in [0, 0.05) is 31.2 Å². The van der Waals surface area contributed by atoms with Gasteiger partial charge < -0.3 is 15.2 Å². The third kappa shape index (κ3) is 3.58. The number of carboxylic acids is 1. The maximum absolute atomic E-state index is 12.5. The number of fused-ring (bicyclic) bond motifs is 1. The molecule has 1 atom stereocenters. The van der Waals surface area contributed by atoms with E-state index in [1.54, 1.807) is 0 Å². The van der Waals surface area contributed by atoms with Gasteiger partial charge in [0.15, 0.2) is 0 Å². The number of hydrogen-bond donors (Lipinski definition) is 3. The van der Waals surface area contributed by atoms with Crippen molar-refractivity contribution in [3.05, 3.63) is 16.0 Å². The monoisotopic (exact) mass is 360 g/mol. The van der Waals surface area contributed by atoms with Crippen LogP contribution in [0.2, 0.25) is 0 Å². The Bertz CT molecular complexity index is 692. The van der Waals surface area contributed by atoms with E-state index in [9.17, 15) is 18.3 Å². The molecule has 2 aliphatic heterocycles. The zero-order chi connectivity index (χ0) is 16.4. The Kier molecular flexibility index (Phi) is 5.02. The molecule has 1 aromatic rings. The molecule has 128 valence electrons. The van der Waals surface area contributed by atoms with Gasteiger partial charge in [0.2, 0.25) is 0 Å². The van der Waals surface area contributed by atoms with Crippen LogP contribution < -0.4 is 10.0 Å². The molecule has 1 unspecified atom stereocenters. The largest absolute Gasteiger partial charge is 0.478 e. The second-order valence-corrected chi connectivity index (χ2v) is 8.88. The lowest BCUT2D eigenvalue weighted by Gasteiger charge is -2.12. The first-order valence-electron chi connectivity index (χ1n) is 7.65. The van der Waals surface area contributed by atoms with Gasteiger partial charge in [0.1, 0.15) is 4.21 Å². The summed E-state index contributed by atoms with van der Waals surface area (Å²) in [6, 6.07) is 0. The predicted molar refractivity (Wildman–Crippen MR) is 85.4 cm³/mol. The maximum Gasteiger partial charge on any atom is 0.338 e. The lowest BCUT2D eigenvalue weighted by molar-refractivity contribution is 0.0692. The molecule has 0 amide bonds. The zero-order valence-corrected chi connectivity index (χ0v) is 14.3. The van der Waals surface area contributed by atoms with E-state index in [2.05, 4.69) is 10.0 Å². The fraction of sp³-hybridized carbons (Fsp3) is 0.643. The quantitative estimate of drug-likeness (QED) is 0.693. The number of aromatic carboxylic acids is 1. The van der Waals surface area contributed by atoms with Crippen LogP contribution in [0.1, 0.15) is 33.6 Å². The summed E-state index contributed by atoms with van der Waals surface area (Å²) < 4.78 is 32.8. The van der Waals surface area contributed by atoms with Gasteiger partial charge in [-0.15, -0.1) is 11.3 Å². The smallest absolute Gasteiger partial charge is 0.338 e. The van der Waals surface area contributed by atoms with Crippen molar-refractivity contribution >= 4 is 27.3 Å². The first-order chi connectivity index (χ1) is 11.0. The van der Waals surface area contributed by atoms with Crippen molar-refractivity contribution < 1.29 is 23.1 Å². The third-order valence-electron chi connectivity index (χ3n) is 4.22. The second kappa shape index (κ2) is 6.86. The molecule has 2 aliphatic rings. The number of nitrogens with one attached hydrogen (secondary N) is 2. The first kappa shape index (κ1) is 16.8. The normalized spacial score (nSPS) is 21.3. The van der Waals surface area contributed by atoms with Gasteiger partial charge in [-0.05, 0) is 37.3 Å². The summed E-state index contributed by atoms with van der Waals surface area (Å²) in [4.78, 5) is 12.4. The van der Waals surface area contributed by atoms with E-state index < -0.39 is 16.0 Å². The van der Waals surface area contributed by atoms with Crippen LogP contribution in [0, 0.1) is 5.92 Å². The summed E-state index contributed by atoms with van der Waals surface area (Å²) in [7, 11) is -3.80. The highest BCUT2D eigenvalue weighted by atomic mass is 32.2. The molecule has 9 heteroatoms. The van der Waals surface area contributed by atoms with E-state index in [4.69, 9.17) is 4.74 Å². The number of carboxylic acid groups (broad SMARTS) is 1. The zero-order valence-electron chi connectivity index (χ0n) is 12.6. The fourth-order valence-electron chi connectivity index (χ4n) is 2.99. The van der Waals surface area contributed by atoms with Gasteiger partial charge in [0.25, 0.3) is 10.0 Å². The van der Waals surface area contributed by atoms with E-state index in [1.165, 1.54) is 0 Å². The Balaban J connectivity index is 1.78. The Hall–Kier alpha value is -1.00. The topological polar surface area (TPSA) is 105 Å². The summed E-state index contributed by atoms with van der Waals surface area (Å²) in [5.41, 5.74) is 0.606. The van der Waals surface area contributed by atoms with Gasteiger partial charge in [-0.25, -0.2) is 17.9 Å². The first-order valence-corrected chi connectivity index (χ1v) is 9.95. The van der Waals surface area contributed by atoms with Gasteiger partial charge in [0.05, 0.1) is 5.56 Å². The molecule has 0 aliphatic carbocycles. The Morgan fingerprint density at radius 2 is 2.30 bits per heavy atom. The SMILES string of the molecule is O=C(O)c1c(S(=O)(=O)NCCC2CCOC2)sc2c1CCNC2. The molecular weight excluding hydrogens is 340 g/mol. The van der Waals surface area contributed by atoms with Gasteiger partial charge in [-0.2, -0.15) is 0 Å². The van der Waals surface area contributed by atoms with Crippen LogP contribution in [0.3, 0.4) is 0 Å². The molecule has 3 N–H and O–H groups in total. The number of sulfonamides is 1. The van der Waals surface area contributed by atoms with Crippen LogP contribution in [0.5, 0.6) is 0 Å². The van der Waals surface area contributed by atoms with E-state index in [0.29, 0.717) is 50.6 Å². The van der Waals surface area contributed by atoms with Crippen molar-refractivity contribution in [2.45, 2.75) is 30.0 Å². The average Bonchev–Trinajstić information content (AvgIpc) is 3.13. The molecule has 0 spiro atoms. The molecule has 1 aromatic heterocycles. The van der Waals surface area contributed by atoms with Crippen molar-refractivity contribution in [3.8, 4) is 0 Å². The lowest BCUT2D eigenvalue weighted by atomic mass is 10.1. The molecule has 1 fully saturated rings. The highest BCUT2D eigenvalue weighted by molar-refractivity contribution is 7.91. The Labute approximate surface area is 139 Å². The van der Waals surface area contributed by atoms with E-state index >= 15 is 0 Å². The summed E-state index contributed by atoms with van der Waals surface area (Å²) in [6.45, 7) is 2.89. The number of carbonyl (C=O) groups is 1. The average molecular weight is 360 g/mol. The second-order valence-electron chi connectivity index (χ2n) is 5.81. The van der Waals surface area contributed by atoms with Crippen LogP contribution in [-0.2, 0) is 27.7 Å². The van der Waals surface area contributed by atoms with Crippen LogP contribution in [-0.4, -0.2) is 45.8 Å². The van der Waals surface area contributed by atoms with E-state index in [0.717, 1.165) is 29.2 Å². The molecule has 3 rings (SSSR count). The van der Waals surface area contributed by atoms with Crippen LogP contribution in [0.4, 0.5) is 0 Å². The van der Waals surface area contributed by atoms with Crippen molar-refractivity contribution in [2.24, 2.45) is 5.92 Å². The van der Waals surface area contributed by atoms with Crippen LogP contribution in [0.15, 0.2) is 4.21 Å². The standard InChI is InChI=1S/C14H20N2O5S2/c17-13(18)12-10-2-4-15-7-11(10)22-14(12)23(19,20)16-5-1-9-3-6-21-8-9/h9,15-16H,1-8H2,(H,17,18). The minimum absolute atomic E-state index is 0.0526. The van der Waals surface area contributed by atoms with Crippen molar-refractivity contribution in [3.63, 3.8) is 0 Å². The van der Waals surface area contributed by atoms with Crippen molar-refractivity contribution in [1.82, 2.24) is 10.0 Å². The molecule has 1 saturated heterocycles. The van der Waals surface area contributed by atoms with Crippen molar-refractivity contribution in [2.75, 3.05) is 26.3 Å². The molecule has 0 aromatic carbocycles. The molecule has 0 bridgehead atoms. The highest BCUT2D eigenvalue weighted by Crippen LogP contribution is 2.34. The molecule has 3 heterocycles. The van der Waals surface area contributed by atoms with E-state index in [-0.39, 0.29) is 9.77 Å². The fourth-order valence-corrected chi connectivity index (χ4v) is 5.94. The molecule has 0 radical (unpaired) electrons. The molecule has 23 heavy (non-hydrogen) atoms. The Morgan fingerprint density at radius 3 is 3.00 bits per heavy atom. The summed E-state index contributed by atoms with van der Waals surface area (Å²) in [6.07, 6.45) is 2.19. The summed E-state index contributed by atoms with van der Waals surface area (Å²) >= 11 is 1.06. The number of rotatable bonds is 6. The number of ether oxygens (including phenoxy) is 1. The minimum atomic E-state index is -3.80. The minimum Gasteiger partial charge on any atom is -0.478 e. The van der Waals surface area contributed by atoms with E-state index in [1.807, 2.05) is 0 Å². The van der Waals surface area contributed by atoms with Crippen LogP contribution >= 0.6 is 11.3 Å². The lowest BCUT2D eigenvalue weighted by Crippen LogP contribution is -2.27. The molecule has 0 saturated carbocycles. The highest BCUT2D eigenvalue weighted by Gasteiger charge is 2.31. The maximum atomic E-state index is 12.5. The van der Waals surface area contributed by atoms with Gasteiger partial charge in [-0.1, -0.05) is 0 Å². The summed E-state index contributed by atoms with van der Waals surface area (Å²) in [5.74, 6) is -0.800. The van der Waals surface area contributed by atoms with Crippen LogP contribution in [0.25, 0.3) is 0 Å². The predicted octanol–water partition coefficient (Wildman–Crippen LogP) is 0.797. The number of thiophene rings is 1. The van der Waals surface area contributed by atoms with Gasteiger partial charge in [-0.3, -0.25) is 0 Å². The summed E-state index contributed by atoms with van der Waals surface area (Å²) in [5, 5.41) is 12.6. The van der Waals surface area contributed by atoms with Crippen molar-refractivity contribution in [1.29, 1.82) is 0 Å². The Morgan fingerprint density at radius 1 is 1.48 bits per heavy atom. The molecule has 7 nitrogen and oxygen atoms in total. The van der Waals surface area contributed by atoms with Gasteiger partial charge >= 0.3 is 5.97 Å². The number of hydrogen-bond acceptors (Lipinski definition) is 6. The molecular formula is C14H20N2O5S2.